The highest BCUT2D eigenvalue weighted by Gasteiger charge is 2.24. The van der Waals surface area contributed by atoms with Crippen LogP contribution in [0.2, 0.25) is 0 Å². The van der Waals surface area contributed by atoms with Gasteiger partial charge in [0.2, 0.25) is 5.78 Å². The van der Waals surface area contributed by atoms with E-state index in [9.17, 15) is 9.90 Å². The molecule has 0 saturated carbocycles. The summed E-state index contributed by atoms with van der Waals surface area (Å²) in [5.74, 6) is -0.184. The molecule has 0 amide bonds. The van der Waals surface area contributed by atoms with Crippen molar-refractivity contribution in [2.24, 2.45) is 0 Å². The van der Waals surface area contributed by atoms with Crippen molar-refractivity contribution in [3.8, 4) is 11.4 Å². The van der Waals surface area contributed by atoms with Gasteiger partial charge < -0.3 is 9.67 Å². The SMILES string of the molecule is O=C(c1ccccc1)c1c(O)c2ccccc2n1-c1ccccc1. The highest BCUT2D eigenvalue weighted by molar-refractivity contribution is 6.14. The van der Waals surface area contributed by atoms with E-state index in [-0.39, 0.29) is 17.2 Å². The average Bonchev–Trinajstić information content (AvgIpc) is 2.95. The lowest BCUT2D eigenvalue weighted by Crippen LogP contribution is -2.09. The Hall–Kier alpha value is -3.33. The minimum absolute atomic E-state index is 0.0170. The second-order valence-corrected chi connectivity index (χ2v) is 5.58. The summed E-state index contributed by atoms with van der Waals surface area (Å²) in [6, 6.07) is 26.1. The van der Waals surface area contributed by atoms with Gasteiger partial charge in [-0.1, -0.05) is 60.7 Å². The van der Waals surface area contributed by atoms with Gasteiger partial charge in [0.25, 0.3) is 0 Å². The number of fused-ring (bicyclic) bond motifs is 1. The Labute approximate surface area is 139 Å². The minimum Gasteiger partial charge on any atom is -0.505 e. The molecule has 3 aromatic carbocycles. The zero-order chi connectivity index (χ0) is 16.5. The van der Waals surface area contributed by atoms with Gasteiger partial charge in [0.1, 0.15) is 5.69 Å². The average molecular weight is 313 g/mol. The summed E-state index contributed by atoms with van der Waals surface area (Å²) in [6.45, 7) is 0. The third kappa shape index (κ3) is 2.18. The molecule has 116 valence electrons. The quantitative estimate of drug-likeness (QED) is 0.563. The Kier molecular flexibility index (Phi) is 3.39. The maximum Gasteiger partial charge on any atom is 0.213 e. The summed E-state index contributed by atoms with van der Waals surface area (Å²) >= 11 is 0. The van der Waals surface area contributed by atoms with Crippen LogP contribution in [-0.2, 0) is 0 Å². The lowest BCUT2D eigenvalue weighted by Gasteiger charge is -2.10. The van der Waals surface area contributed by atoms with Gasteiger partial charge in [-0.05, 0) is 24.3 Å². The maximum absolute atomic E-state index is 13.1. The number of aromatic nitrogens is 1. The monoisotopic (exact) mass is 313 g/mol. The molecule has 24 heavy (non-hydrogen) atoms. The molecule has 0 bridgehead atoms. The molecule has 0 fully saturated rings. The van der Waals surface area contributed by atoms with Crippen molar-refractivity contribution >= 4 is 16.7 Å². The van der Waals surface area contributed by atoms with E-state index >= 15 is 0 Å². The number of hydrogen-bond donors (Lipinski definition) is 1. The molecule has 0 aliphatic rings. The second kappa shape index (κ2) is 5.70. The lowest BCUT2D eigenvalue weighted by atomic mass is 10.1. The molecule has 3 heteroatoms. The zero-order valence-electron chi connectivity index (χ0n) is 12.9. The molecule has 4 rings (SSSR count). The lowest BCUT2D eigenvalue weighted by molar-refractivity contribution is 0.103. The van der Waals surface area contributed by atoms with Gasteiger partial charge in [0.15, 0.2) is 5.75 Å². The Morgan fingerprint density at radius 1 is 0.750 bits per heavy atom. The van der Waals surface area contributed by atoms with Gasteiger partial charge >= 0.3 is 0 Å². The van der Waals surface area contributed by atoms with Crippen molar-refractivity contribution in [3.63, 3.8) is 0 Å². The molecule has 3 nitrogen and oxygen atoms in total. The molecule has 0 aliphatic heterocycles. The van der Waals surface area contributed by atoms with E-state index in [2.05, 4.69) is 0 Å². The predicted octanol–water partition coefficient (Wildman–Crippen LogP) is 4.57. The van der Waals surface area contributed by atoms with Crippen molar-refractivity contribution in [1.29, 1.82) is 0 Å². The van der Waals surface area contributed by atoms with Crippen molar-refractivity contribution in [2.45, 2.75) is 0 Å². The van der Waals surface area contributed by atoms with Crippen LogP contribution < -0.4 is 0 Å². The van der Waals surface area contributed by atoms with E-state index in [1.54, 1.807) is 12.1 Å². The van der Waals surface area contributed by atoms with Crippen LogP contribution >= 0.6 is 0 Å². The van der Waals surface area contributed by atoms with Crippen LogP contribution in [-0.4, -0.2) is 15.5 Å². The molecule has 0 radical (unpaired) electrons. The molecule has 0 atom stereocenters. The Bertz CT molecular complexity index is 1020. The summed E-state index contributed by atoms with van der Waals surface area (Å²) in [5.41, 5.74) is 2.48. The van der Waals surface area contributed by atoms with Crippen molar-refractivity contribution in [1.82, 2.24) is 4.57 Å². The summed E-state index contributed by atoms with van der Waals surface area (Å²) in [5, 5.41) is 11.4. The van der Waals surface area contributed by atoms with Crippen LogP contribution in [0.15, 0.2) is 84.9 Å². The fourth-order valence-electron chi connectivity index (χ4n) is 3.00. The number of benzene rings is 3. The Morgan fingerprint density at radius 3 is 2.04 bits per heavy atom. The standard InChI is InChI=1S/C21H15NO2/c23-20(15-9-3-1-4-10-15)19-21(24)17-13-7-8-14-18(17)22(19)16-11-5-2-6-12-16/h1-14,24H. The number of rotatable bonds is 3. The first kappa shape index (κ1) is 14.3. The molecular formula is C21H15NO2. The number of carbonyl (C=O) groups excluding carboxylic acids is 1. The van der Waals surface area contributed by atoms with Crippen molar-refractivity contribution < 1.29 is 9.90 Å². The van der Waals surface area contributed by atoms with Crippen LogP contribution in [0.4, 0.5) is 0 Å². The van der Waals surface area contributed by atoms with Gasteiger partial charge in [0, 0.05) is 16.6 Å². The summed E-state index contributed by atoms with van der Waals surface area (Å²) in [6.07, 6.45) is 0. The van der Waals surface area contributed by atoms with E-state index < -0.39 is 0 Å². The number of ketones is 1. The highest BCUT2D eigenvalue weighted by atomic mass is 16.3. The predicted molar refractivity (Wildman–Crippen MR) is 94.8 cm³/mol. The Morgan fingerprint density at radius 2 is 1.33 bits per heavy atom. The van der Waals surface area contributed by atoms with E-state index in [1.807, 2.05) is 77.4 Å². The smallest absolute Gasteiger partial charge is 0.213 e. The van der Waals surface area contributed by atoms with Gasteiger partial charge in [0.05, 0.1) is 5.52 Å². The van der Waals surface area contributed by atoms with E-state index in [1.165, 1.54) is 0 Å². The molecule has 1 N–H and O–H groups in total. The van der Waals surface area contributed by atoms with Gasteiger partial charge in [-0.2, -0.15) is 0 Å². The molecule has 0 aliphatic carbocycles. The topological polar surface area (TPSA) is 42.2 Å². The van der Waals surface area contributed by atoms with Crippen LogP contribution in [0.5, 0.6) is 5.75 Å². The summed E-state index contributed by atoms with van der Waals surface area (Å²) in [4.78, 5) is 13.1. The second-order valence-electron chi connectivity index (χ2n) is 5.58. The number of carbonyl (C=O) groups is 1. The Balaban J connectivity index is 2.05. The zero-order valence-corrected chi connectivity index (χ0v) is 12.9. The number of nitrogens with zero attached hydrogens (tertiary/aromatic N) is 1. The van der Waals surface area contributed by atoms with Crippen molar-refractivity contribution in [3.05, 3.63) is 96.2 Å². The largest absolute Gasteiger partial charge is 0.505 e. The first-order chi connectivity index (χ1) is 11.8. The molecule has 1 aromatic heterocycles. The summed E-state index contributed by atoms with van der Waals surface area (Å²) < 4.78 is 1.82. The fraction of sp³-hybridized carbons (Fsp3) is 0. The minimum atomic E-state index is -0.201. The van der Waals surface area contributed by atoms with Crippen LogP contribution in [0.1, 0.15) is 16.1 Å². The van der Waals surface area contributed by atoms with Crippen molar-refractivity contribution in [2.75, 3.05) is 0 Å². The van der Waals surface area contributed by atoms with Crippen LogP contribution in [0.3, 0.4) is 0 Å². The molecule has 0 spiro atoms. The first-order valence-electron chi connectivity index (χ1n) is 7.75. The molecule has 4 aromatic rings. The van der Waals surface area contributed by atoms with Gasteiger partial charge in [-0.25, -0.2) is 0 Å². The number of para-hydroxylation sites is 2. The number of hydrogen-bond acceptors (Lipinski definition) is 2. The highest BCUT2D eigenvalue weighted by Crippen LogP contribution is 2.35. The molecule has 0 unspecified atom stereocenters. The summed E-state index contributed by atoms with van der Waals surface area (Å²) in [7, 11) is 0. The van der Waals surface area contributed by atoms with Crippen LogP contribution in [0, 0.1) is 0 Å². The molecular weight excluding hydrogens is 298 g/mol. The van der Waals surface area contributed by atoms with Gasteiger partial charge in [-0.3, -0.25) is 4.79 Å². The number of aromatic hydroxyl groups is 1. The fourth-order valence-corrected chi connectivity index (χ4v) is 3.00. The molecule has 0 saturated heterocycles. The first-order valence-corrected chi connectivity index (χ1v) is 7.75. The normalized spacial score (nSPS) is 10.8. The van der Waals surface area contributed by atoms with E-state index in [4.69, 9.17) is 0 Å². The van der Waals surface area contributed by atoms with E-state index in [0.29, 0.717) is 10.9 Å². The molecule has 1 heterocycles. The van der Waals surface area contributed by atoms with Gasteiger partial charge in [-0.15, -0.1) is 0 Å². The van der Waals surface area contributed by atoms with Crippen LogP contribution in [0.25, 0.3) is 16.6 Å². The maximum atomic E-state index is 13.1. The van der Waals surface area contributed by atoms with E-state index in [0.717, 1.165) is 11.2 Å². The third-order valence-corrected chi connectivity index (χ3v) is 4.11. The third-order valence-electron chi connectivity index (χ3n) is 4.11.